The number of hydrogen-bond acceptors (Lipinski definition) is 8. The quantitative estimate of drug-likeness (QED) is 0.0599. The van der Waals surface area contributed by atoms with Crippen LogP contribution in [0.4, 0.5) is 9.18 Å². The second kappa shape index (κ2) is 17.4. The zero-order valence-electron chi connectivity index (χ0n) is 24.7. The van der Waals surface area contributed by atoms with Gasteiger partial charge in [-0.05, 0) is 54.2 Å². The summed E-state index contributed by atoms with van der Waals surface area (Å²) in [5.41, 5.74) is 0.845. The first kappa shape index (κ1) is 35.3. The Morgan fingerprint density at radius 2 is 1.43 bits per heavy atom. The Bertz CT molecular complexity index is 1520. The number of hydrogen-bond donors (Lipinski definition) is 8. The Morgan fingerprint density at radius 3 is 2.07 bits per heavy atom. The summed E-state index contributed by atoms with van der Waals surface area (Å²) in [6, 6.07) is 10.7. The molecule has 46 heavy (non-hydrogen) atoms. The molecule has 1 aromatic heterocycles. The van der Waals surface area contributed by atoms with Crippen LogP contribution in [-0.4, -0.2) is 86.2 Å². The molecule has 0 spiro atoms. The fraction of sp³-hybridized carbons (Fsp3) is 0.355. The van der Waals surface area contributed by atoms with Crippen LogP contribution < -0.4 is 21.3 Å². The fourth-order valence-electron chi connectivity index (χ4n) is 4.56. The Hall–Kier alpha value is -5.15. The standard InChI is InChI=1S/C31H36FN5O9/c32-25-12-10-21(17-34-25)27(40)35-24(16-18-8-9-19-5-1-2-6-20(19)15-18)28(41)33-14-4-3-7-22(29(42)43)36-31(46)37-23(30(44)45)11-13-26(38)39/h1-2,5-6,8-10,12,15,17,22-24,26,38-39H,3-4,7,11,13-14,16H2,(H,33,41)(H,35,40)(H,42,43)(H,44,45)(H2,36,37,46). The number of unbranched alkanes of at least 4 members (excludes halogenated alkanes) is 1. The first-order chi connectivity index (χ1) is 21.9. The predicted molar refractivity (Wildman–Crippen MR) is 162 cm³/mol. The lowest BCUT2D eigenvalue weighted by Gasteiger charge is -2.20. The molecule has 0 aliphatic carbocycles. The molecule has 0 fully saturated rings. The summed E-state index contributed by atoms with van der Waals surface area (Å²) in [7, 11) is 0. The van der Waals surface area contributed by atoms with Crippen molar-refractivity contribution in [3.8, 4) is 0 Å². The minimum absolute atomic E-state index is 0.0411. The third-order valence-corrected chi connectivity index (χ3v) is 7.00. The second-order valence-corrected chi connectivity index (χ2v) is 10.5. The van der Waals surface area contributed by atoms with Gasteiger partial charge in [-0.2, -0.15) is 4.39 Å². The molecule has 15 heteroatoms. The van der Waals surface area contributed by atoms with E-state index in [0.717, 1.165) is 28.6 Å². The lowest BCUT2D eigenvalue weighted by molar-refractivity contribution is -0.140. The van der Waals surface area contributed by atoms with Crippen molar-refractivity contribution in [2.75, 3.05) is 6.54 Å². The number of carboxylic acid groups (broad SMARTS) is 2. The summed E-state index contributed by atoms with van der Waals surface area (Å²) in [6.45, 7) is 0.115. The molecule has 3 unspecified atom stereocenters. The predicted octanol–water partition coefficient (Wildman–Crippen LogP) is 1.30. The Labute approximate surface area is 263 Å². The van der Waals surface area contributed by atoms with Gasteiger partial charge in [-0.1, -0.05) is 42.5 Å². The summed E-state index contributed by atoms with van der Waals surface area (Å²) >= 11 is 0. The average Bonchev–Trinajstić information content (AvgIpc) is 3.01. The molecule has 3 atom stereocenters. The number of halogens is 1. The topological polar surface area (TPSA) is 227 Å². The van der Waals surface area contributed by atoms with E-state index in [2.05, 4.69) is 26.3 Å². The molecule has 8 N–H and O–H groups in total. The number of rotatable bonds is 17. The number of nitrogens with zero attached hydrogens (tertiary/aromatic N) is 1. The molecule has 1 heterocycles. The smallest absolute Gasteiger partial charge is 0.326 e. The van der Waals surface area contributed by atoms with Crippen LogP contribution in [0.3, 0.4) is 0 Å². The van der Waals surface area contributed by atoms with Crippen LogP contribution in [0.2, 0.25) is 0 Å². The normalized spacial score (nSPS) is 13.0. The van der Waals surface area contributed by atoms with Gasteiger partial charge in [0.15, 0.2) is 6.29 Å². The van der Waals surface area contributed by atoms with Crippen molar-refractivity contribution >= 4 is 40.6 Å². The van der Waals surface area contributed by atoms with Crippen molar-refractivity contribution in [3.63, 3.8) is 0 Å². The van der Waals surface area contributed by atoms with Crippen LogP contribution in [-0.2, 0) is 20.8 Å². The Morgan fingerprint density at radius 1 is 0.761 bits per heavy atom. The number of aliphatic carboxylic acids is 2. The molecule has 4 amide bonds. The van der Waals surface area contributed by atoms with E-state index in [1.165, 1.54) is 6.07 Å². The molecule has 0 saturated carbocycles. The van der Waals surface area contributed by atoms with Gasteiger partial charge in [-0.15, -0.1) is 0 Å². The van der Waals surface area contributed by atoms with Crippen LogP contribution in [0.15, 0.2) is 60.8 Å². The van der Waals surface area contributed by atoms with Crippen molar-refractivity contribution in [1.82, 2.24) is 26.3 Å². The fourth-order valence-corrected chi connectivity index (χ4v) is 4.56. The third-order valence-electron chi connectivity index (χ3n) is 7.00. The number of fused-ring (bicyclic) bond motifs is 1. The average molecular weight is 642 g/mol. The minimum Gasteiger partial charge on any atom is -0.480 e. The highest BCUT2D eigenvalue weighted by atomic mass is 19.1. The summed E-state index contributed by atoms with van der Waals surface area (Å²) < 4.78 is 13.2. The first-order valence-corrected chi connectivity index (χ1v) is 14.5. The number of aliphatic hydroxyl groups excluding tert-OH is 1. The number of pyridine rings is 1. The minimum atomic E-state index is -1.77. The van der Waals surface area contributed by atoms with E-state index in [0.29, 0.717) is 6.42 Å². The maximum atomic E-state index is 13.2. The number of amides is 4. The first-order valence-electron chi connectivity index (χ1n) is 14.5. The van der Waals surface area contributed by atoms with Gasteiger partial charge in [0.05, 0.1) is 5.56 Å². The van der Waals surface area contributed by atoms with Crippen LogP contribution in [0, 0.1) is 5.95 Å². The van der Waals surface area contributed by atoms with E-state index >= 15 is 0 Å². The summed E-state index contributed by atoms with van der Waals surface area (Å²) in [6.07, 6.45) is -0.654. The van der Waals surface area contributed by atoms with E-state index in [1.807, 2.05) is 42.5 Å². The molecule has 2 aromatic carbocycles. The molecule has 0 aliphatic rings. The molecule has 14 nitrogen and oxygen atoms in total. The van der Waals surface area contributed by atoms with Crippen molar-refractivity contribution in [1.29, 1.82) is 0 Å². The number of carbonyl (C=O) groups excluding carboxylic acids is 3. The highest BCUT2D eigenvalue weighted by Gasteiger charge is 2.25. The van der Waals surface area contributed by atoms with Crippen molar-refractivity contribution in [2.24, 2.45) is 0 Å². The molecular formula is C31H36FN5O9. The summed E-state index contributed by atoms with van der Waals surface area (Å²) in [5.74, 6) is -4.67. The number of nitrogens with one attached hydrogen (secondary N) is 4. The zero-order chi connectivity index (χ0) is 33.6. The largest absolute Gasteiger partial charge is 0.480 e. The van der Waals surface area contributed by atoms with E-state index in [9.17, 15) is 38.6 Å². The SMILES string of the molecule is O=C(NC(CCCCNC(=O)C(Cc1ccc2ccccc2c1)NC(=O)c1ccc(F)nc1)C(=O)O)NC(CCC(O)O)C(=O)O. The van der Waals surface area contributed by atoms with E-state index in [1.54, 1.807) is 0 Å². The van der Waals surface area contributed by atoms with Crippen LogP contribution in [0.1, 0.15) is 48.0 Å². The van der Waals surface area contributed by atoms with Gasteiger partial charge in [0.1, 0.15) is 18.1 Å². The maximum absolute atomic E-state index is 13.2. The van der Waals surface area contributed by atoms with Gasteiger partial charge in [-0.25, -0.2) is 19.4 Å². The Balaban J connectivity index is 1.56. The number of carbonyl (C=O) groups is 5. The van der Waals surface area contributed by atoms with Crippen LogP contribution in [0.5, 0.6) is 0 Å². The molecule has 3 rings (SSSR count). The number of aromatic nitrogens is 1. The number of benzene rings is 2. The van der Waals surface area contributed by atoms with Gasteiger partial charge in [0, 0.05) is 25.6 Å². The van der Waals surface area contributed by atoms with Gasteiger partial charge < -0.3 is 41.7 Å². The monoisotopic (exact) mass is 641 g/mol. The van der Waals surface area contributed by atoms with Gasteiger partial charge in [0.2, 0.25) is 11.9 Å². The lowest BCUT2D eigenvalue weighted by atomic mass is 10.0. The molecule has 3 aromatic rings. The maximum Gasteiger partial charge on any atom is 0.326 e. The van der Waals surface area contributed by atoms with Crippen LogP contribution >= 0.6 is 0 Å². The highest BCUT2D eigenvalue weighted by molar-refractivity contribution is 5.97. The second-order valence-electron chi connectivity index (χ2n) is 10.5. The summed E-state index contributed by atoms with van der Waals surface area (Å²) in [5, 5.41) is 48.2. The van der Waals surface area contributed by atoms with Crippen LogP contribution in [0.25, 0.3) is 10.8 Å². The molecule has 0 radical (unpaired) electrons. The zero-order valence-corrected chi connectivity index (χ0v) is 24.7. The van der Waals surface area contributed by atoms with Gasteiger partial charge >= 0.3 is 18.0 Å². The number of aliphatic hydroxyl groups is 2. The number of urea groups is 1. The van der Waals surface area contributed by atoms with E-state index in [-0.39, 0.29) is 44.2 Å². The molecule has 246 valence electrons. The van der Waals surface area contributed by atoms with E-state index in [4.69, 9.17) is 10.2 Å². The van der Waals surface area contributed by atoms with Crippen molar-refractivity contribution < 1.29 is 48.8 Å². The molecule has 0 aliphatic heterocycles. The molecule has 0 bridgehead atoms. The summed E-state index contributed by atoms with van der Waals surface area (Å²) in [4.78, 5) is 64.7. The highest BCUT2D eigenvalue weighted by Crippen LogP contribution is 2.17. The van der Waals surface area contributed by atoms with Crippen molar-refractivity contribution in [2.45, 2.75) is 62.9 Å². The number of carboxylic acids is 2. The molecular weight excluding hydrogens is 605 g/mol. The van der Waals surface area contributed by atoms with Gasteiger partial charge in [0.25, 0.3) is 5.91 Å². The van der Waals surface area contributed by atoms with Gasteiger partial charge in [-0.3, -0.25) is 9.59 Å². The van der Waals surface area contributed by atoms with E-state index < -0.39 is 60.1 Å². The van der Waals surface area contributed by atoms with Crippen molar-refractivity contribution in [3.05, 3.63) is 77.9 Å². The molecule has 0 saturated heterocycles. The Kier molecular flexibility index (Phi) is 13.3. The lowest BCUT2D eigenvalue weighted by Crippen LogP contribution is -2.51. The third kappa shape index (κ3) is 11.4.